The topological polar surface area (TPSA) is 16.1 Å². The maximum Gasteiger partial charge on any atom is 0.0712 e. The molecule has 0 bridgehead atoms. The van der Waals surface area contributed by atoms with Crippen molar-refractivity contribution in [1.82, 2.24) is 9.88 Å². The van der Waals surface area contributed by atoms with Gasteiger partial charge in [0, 0.05) is 12.1 Å². The highest BCUT2D eigenvalue weighted by Gasteiger charge is 2.12. The smallest absolute Gasteiger partial charge is 0.0712 e. The Kier molecular flexibility index (Phi) is 8.30. The number of hydrogen-bond acceptors (Lipinski definition) is 2. The summed E-state index contributed by atoms with van der Waals surface area (Å²) in [5.74, 6) is 0. The van der Waals surface area contributed by atoms with Crippen molar-refractivity contribution in [1.29, 1.82) is 0 Å². The van der Waals surface area contributed by atoms with Crippen LogP contribution in [0.15, 0.2) is 54.6 Å². The molecule has 2 nitrogen and oxygen atoms in total. The van der Waals surface area contributed by atoms with Crippen molar-refractivity contribution >= 4 is 11.6 Å². The number of likely N-dealkylation sites (tertiary alicyclic amines) is 1. The molecule has 2 heteroatoms. The first-order valence-corrected chi connectivity index (χ1v) is 9.86. The van der Waals surface area contributed by atoms with Crippen LogP contribution >= 0.6 is 0 Å². The summed E-state index contributed by atoms with van der Waals surface area (Å²) in [6.45, 7) is 11.6. The Hall–Kier alpha value is -2.19. The van der Waals surface area contributed by atoms with E-state index in [0.717, 1.165) is 17.9 Å². The molecule has 1 aliphatic rings. The van der Waals surface area contributed by atoms with Gasteiger partial charge >= 0.3 is 0 Å². The first kappa shape index (κ1) is 20.1. The van der Waals surface area contributed by atoms with Crippen LogP contribution in [0.2, 0.25) is 0 Å². The Morgan fingerprint density at radius 1 is 1.04 bits per heavy atom. The standard InChI is InChI=1S/C22H26N2.C2H6/c1-3-7-20-8-6-9-22(23-20)21(14-17-24-15-4-5-16-24)19-12-10-18(2)11-13-19;1-2/h3,6-14H,4-5,15-17H2,1-2H3;1-2H3/b7-3+,21-14+;. The summed E-state index contributed by atoms with van der Waals surface area (Å²) in [5.41, 5.74) is 5.81. The highest BCUT2D eigenvalue weighted by atomic mass is 15.1. The number of nitrogens with zero attached hydrogens (tertiary/aromatic N) is 2. The minimum atomic E-state index is 0.999. The maximum atomic E-state index is 4.83. The molecule has 1 saturated heterocycles. The number of allylic oxidation sites excluding steroid dienone is 1. The van der Waals surface area contributed by atoms with E-state index in [9.17, 15) is 0 Å². The van der Waals surface area contributed by atoms with Crippen LogP contribution in [0.5, 0.6) is 0 Å². The predicted octanol–water partition coefficient (Wildman–Crippen LogP) is 5.98. The van der Waals surface area contributed by atoms with Crippen LogP contribution in [-0.2, 0) is 0 Å². The van der Waals surface area contributed by atoms with E-state index in [-0.39, 0.29) is 0 Å². The van der Waals surface area contributed by atoms with Gasteiger partial charge in [0.1, 0.15) is 0 Å². The fraction of sp³-hybridized carbons (Fsp3) is 0.375. The van der Waals surface area contributed by atoms with Gasteiger partial charge in [0.05, 0.1) is 11.4 Å². The first-order chi connectivity index (χ1) is 12.8. The number of aromatic nitrogens is 1. The predicted molar refractivity (Wildman–Crippen MR) is 114 cm³/mol. The second-order valence-electron chi connectivity index (χ2n) is 6.44. The molecule has 0 radical (unpaired) electrons. The Labute approximate surface area is 159 Å². The number of hydrogen-bond donors (Lipinski definition) is 0. The van der Waals surface area contributed by atoms with Crippen LogP contribution in [0.4, 0.5) is 0 Å². The largest absolute Gasteiger partial charge is 0.300 e. The highest BCUT2D eigenvalue weighted by Crippen LogP contribution is 2.23. The molecule has 0 saturated carbocycles. The molecule has 1 fully saturated rings. The zero-order valence-electron chi connectivity index (χ0n) is 16.7. The molecule has 2 heterocycles. The minimum absolute atomic E-state index is 0.999. The molecule has 1 aliphatic heterocycles. The molecular formula is C24H32N2. The van der Waals surface area contributed by atoms with Gasteiger partial charge in [-0.15, -0.1) is 0 Å². The lowest BCUT2D eigenvalue weighted by molar-refractivity contribution is 0.377. The summed E-state index contributed by atoms with van der Waals surface area (Å²) < 4.78 is 0. The van der Waals surface area contributed by atoms with E-state index in [4.69, 9.17) is 4.98 Å². The van der Waals surface area contributed by atoms with Crippen molar-refractivity contribution in [3.8, 4) is 0 Å². The molecule has 0 amide bonds. The molecule has 0 N–H and O–H groups in total. The second-order valence-corrected chi connectivity index (χ2v) is 6.44. The van der Waals surface area contributed by atoms with Crippen molar-refractivity contribution < 1.29 is 0 Å². The van der Waals surface area contributed by atoms with Crippen LogP contribution in [0.25, 0.3) is 11.6 Å². The Balaban J connectivity index is 0.00000117. The number of benzene rings is 1. The summed E-state index contributed by atoms with van der Waals surface area (Å²) in [4.78, 5) is 7.35. The van der Waals surface area contributed by atoms with E-state index >= 15 is 0 Å². The van der Waals surface area contributed by atoms with Crippen LogP contribution < -0.4 is 0 Å². The van der Waals surface area contributed by atoms with Crippen LogP contribution in [0.1, 0.15) is 56.1 Å². The zero-order valence-corrected chi connectivity index (χ0v) is 16.7. The van der Waals surface area contributed by atoms with Crippen molar-refractivity contribution in [2.24, 2.45) is 0 Å². The van der Waals surface area contributed by atoms with E-state index < -0.39 is 0 Å². The number of rotatable bonds is 5. The third-order valence-corrected chi connectivity index (χ3v) is 4.50. The van der Waals surface area contributed by atoms with Gasteiger partial charge in [-0.05, 0) is 63.6 Å². The average molecular weight is 349 g/mol. The van der Waals surface area contributed by atoms with Gasteiger partial charge in [-0.3, -0.25) is 4.90 Å². The Morgan fingerprint density at radius 2 is 1.73 bits per heavy atom. The summed E-state index contributed by atoms with van der Waals surface area (Å²) in [5, 5.41) is 0. The van der Waals surface area contributed by atoms with Crippen molar-refractivity contribution in [3.63, 3.8) is 0 Å². The van der Waals surface area contributed by atoms with Crippen LogP contribution in [0, 0.1) is 6.92 Å². The van der Waals surface area contributed by atoms with Gasteiger partial charge < -0.3 is 0 Å². The van der Waals surface area contributed by atoms with Gasteiger partial charge in [0.2, 0.25) is 0 Å². The zero-order chi connectivity index (χ0) is 18.8. The molecule has 0 atom stereocenters. The molecule has 0 spiro atoms. The molecule has 0 unspecified atom stereocenters. The SMILES string of the molecule is C/C=C/c1cccc(/C(=C/CN2CCCC2)c2ccc(C)cc2)n1.CC. The molecule has 1 aromatic carbocycles. The van der Waals surface area contributed by atoms with E-state index in [2.05, 4.69) is 66.4 Å². The van der Waals surface area contributed by atoms with E-state index in [1.54, 1.807) is 0 Å². The van der Waals surface area contributed by atoms with E-state index in [1.807, 2.05) is 26.8 Å². The molecule has 1 aromatic heterocycles. The molecule has 0 aliphatic carbocycles. The highest BCUT2D eigenvalue weighted by molar-refractivity contribution is 5.78. The van der Waals surface area contributed by atoms with E-state index in [1.165, 1.54) is 42.6 Å². The quantitative estimate of drug-likeness (QED) is 0.661. The average Bonchev–Trinajstić information content (AvgIpc) is 3.19. The summed E-state index contributed by atoms with van der Waals surface area (Å²) in [6.07, 6.45) is 9.07. The molecule has 138 valence electrons. The lowest BCUT2D eigenvalue weighted by Crippen LogP contribution is -2.19. The van der Waals surface area contributed by atoms with Gasteiger partial charge in [-0.25, -0.2) is 4.98 Å². The van der Waals surface area contributed by atoms with E-state index in [0.29, 0.717) is 0 Å². The molecule has 2 aromatic rings. The summed E-state index contributed by atoms with van der Waals surface area (Å²) in [7, 11) is 0. The molecular weight excluding hydrogens is 316 g/mol. The van der Waals surface area contributed by atoms with Crippen molar-refractivity contribution in [2.45, 2.75) is 40.5 Å². The van der Waals surface area contributed by atoms with Gasteiger partial charge in [0.25, 0.3) is 0 Å². The normalized spacial score (nSPS) is 15.2. The lowest BCUT2D eigenvalue weighted by Gasteiger charge is -2.14. The third kappa shape index (κ3) is 5.67. The van der Waals surface area contributed by atoms with Gasteiger partial charge in [0.15, 0.2) is 0 Å². The molecule has 3 rings (SSSR count). The minimum Gasteiger partial charge on any atom is -0.300 e. The number of aryl methyl sites for hydroxylation is 1. The Bertz CT molecular complexity index is 720. The maximum absolute atomic E-state index is 4.83. The Morgan fingerprint density at radius 3 is 2.38 bits per heavy atom. The van der Waals surface area contributed by atoms with Gasteiger partial charge in [-0.2, -0.15) is 0 Å². The van der Waals surface area contributed by atoms with Crippen LogP contribution in [-0.4, -0.2) is 29.5 Å². The second kappa shape index (κ2) is 10.7. The fourth-order valence-electron chi connectivity index (χ4n) is 3.15. The monoisotopic (exact) mass is 348 g/mol. The van der Waals surface area contributed by atoms with Crippen molar-refractivity contribution in [3.05, 3.63) is 77.1 Å². The van der Waals surface area contributed by atoms with Crippen LogP contribution in [0.3, 0.4) is 0 Å². The third-order valence-electron chi connectivity index (χ3n) is 4.50. The molecule has 26 heavy (non-hydrogen) atoms. The lowest BCUT2D eigenvalue weighted by atomic mass is 10.00. The number of pyridine rings is 1. The summed E-state index contributed by atoms with van der Waals surface area (Å²) >= 11 is 0. The van der Waals surface area contributed by atoms with Gasteiger partial charge in [-0.1, -0.05) is 61.9 Å². The first-order valence-electron chi connectivity index (χ1n) is 9.86. The van der Waals surface area contributed by atoms with Crippen molar-refractivity contribution in [2.75, 3.05) is 19.6 Å². The fourth-order valence-corrected chi connectivity index (χ4v) is 3.15. The summed E-state index contributed by atoms with van der Waals surface area (Å²) in [6, 6.07) is 15.0.